The number of hydrogen-bond acceptors (Lipinski definition) is 2. The molecule has 15 heavy (non-hydrogen) atoms. The van der Waals surface area contributed by atoms with Gasteiger partial charge < -0.3 is 5.11 Å². The van der Waals surface area contributed by atoms with E-state index < -0.39 is 12.4 Å². The van der Waals surface area contributed by atoms with Crippen molar-refractivity contribution in [2.45, 2.75) is 12.8 Å². The van der Waals surface area contributed by atoms with E-state index in [9.17, 15) is 13.6 Å². The summed E-state index contributed by atoms with van der Waals surface area (Å²) in [5, 5.41) is 8.15. The van der Waals surface area contributed by atoms with Crippen LogP contribution in [0.1, 0.15) is 17.7 Å². The average Bonchev–Trinajstić information content (AvgIpc) is 1.99. The molecule has 0 unspecified atom stereocenters. The van der Waals surface area contributed by atoms with Crippen LogP contribution in [0, 0.1) is 3.57 Å². The maximum Gasteiger partial charge on any atom is 0.309 e. The molecule has 82 valence electrons. The number of rotatable bonds is 3. The van der Waals surface area contributed by atoms with E-state index in [0.717, 1.165) is 0 Å². The van der Waals surface area contributed by atoms with Gasteiger partial charge in [-0.15, -0.1) is 0 Å². The molecule has 0 atom stereocenters. The van der Waals surface area contributed by atoms with Crippen LogP contribution in [0.3, 0.4) is 0 Å². The molecule has 7 heteroatoms. The van der Waals surface area contributed by atoms with Gasteiger partial charge in [0.05, 0.1) is 17.7 Å². The lowest BCUT2D eigenvalue weighted by molar-refractivity contribution is -0.136. The summed E-state index contributed by atoms with van der Waals surface area (Å²) in [6, 6.07) is 1.29. The number of hydrogen-bond donors (Lipinski definition) is 1. The van der Waals surface area contributed by atoms with Crippen molar-refractivity contribution in [1.82, 2.24) is 4.98 Å². The number of carbonyl (C=O) groups is 1. The van der Waals surface area contributed by atoms with E-state index in [2.05, 4.69) is 4.98 Å². The molecule has 0 aliphatic rings. The van der Waals surface area contributed by atoms with Gasteiger partial charge in [0.25, 0.3) is 6.43 Å². The molecule has 0 saturated carbocycles. The van der Waals surface area contributed by atoms with Crippen molar-refractivity contribution in [3.8, 4) is 0 Å². The van der Waals surface area contributed by atoms with Gasteiger partial charge in [0.1, 0.15) is 5.15 Å². The van der Waals surface area contributed by atoms with E-state index in [0.29, 0.717) is 0 Å². The Bertz CT molecular complexity index is 377. The number of aliphatic carboxylic acids is 1. The third-order valence-corrected chi connectivity index (χ3v) is 2.75. The van der Waals surface area contributed by atoms with Crippen LogP contribution in [0.15, 0.2) is 6.07 Å². The zero-order valence-electron chi connectivity index (χ0n) is 7.18. The summed E-state index contributed by atoms with van der Waals surface area (Å²) < 4.78 is 25.1. The van der Waals surface area contributed by atoms with Gasteiger partial charge in [-0.1, -0.05) is 11.6 Å². The Morgan fingerprint density at radius 1 is 1.67 bits per heavy atom. The lowest BCUT2D eigenvalue weighted by atomic mass is 10.2. The molecule has 3 nitrogen and oxygen atoms in total. The highest BCUT2D eigenvalue weighted by Crippen LogP contribution is 2.30. The molecule has 1 rings (SSSR count). The van der Waals surface area contributed by atoms with Crippen molar-refractivity contribution < 1.29 is 18.7 Å². The minimum absolute atomic E-state index is 0.168. The number of pyridine rings is 1. The number of carboxylic acid groups (broad SMARTS) is 1. The summed E-state index contributed by atoms with van der Waals surface area (Å²) in [5.41, 5.74) is -0.187. The number of aromatic nitrogens is 1. The molecule has 0 fully saturated rings. The van der Waals surface area contributed by atoms with Crippen LogP contribution < -0.4 is 0 Å². The van der Waals surface area contributed by atoms with Crippen molar-refractivity contribution >= 4 is 40.2 Å². The van der Waals surface area contributed by atoms with Gasteiger partial charge in [0.15, 0.2) is 0 Å². The van der Waals surface area contributed by atoms with Crippen LogP contribution in [0.2, 0.25) is 5.15 Å². The standard InChI is InChI=1S/C8H5ClF2INO2/c9-7-6(8(10)11)4(12)1-3(13-7)2-5(14)15/h1,8H,2H2,(H,14,15). The molecule has 0 saturated heterocycles. The van der Waals surface area contributed by atoms with Crippen molar-refractivity contribution in [1.29, 1.82) is 0 Å². The summed E-state index contributed by atoms with van der Waals surface area (Å²) in [5.74, 6) is -1.08. The highest BCUT2D eigenvalue weighted by atomic mass is 127. The van der Waals surface area contributed by atoms with E-state index in [1.807, 2.05) is 0 Å². The molecular weight excluding hydrogens is 342 g/mol. The van der Waals surface area contributed by atoms with Crippen molar-refractivity contribution in [3.05, 3.63) is 26.0 Å². The normalized spacial score (nSPS) is 10.7. The Kier molecular flexibility index (Phi) is 4.21. The predicted molar refractivity (Wildman–Crippen MR) is 58.3 cm³/mol. The van der Waals surface area contributed by atoms with Crippen molar-refractivity contribution in [2.75, 3.05) is 0 Å². The van der Waals surface area contributed by atoms with Crippen LogP contribution >= 0.6 is 34.2 Å². The van der Waals surface area contributed by atoms with Crippen LogP contribution in [0.4, 0.5) is 8.78 Å². The molecule has 1 aromatic rings. The first kappa shape index (κ1) is 12.6. The number of carboxylic acids is 1. The first-order chi connectivity index (χ1) is 6.91. The quantitative estimate of drug-likeness (QED) is 0.676. The first-order valence-electron chi connectivity index (χ1n) is 3.76. The molecule has 0 bridgehead atoms. The van der Waals surface area contributed by atoms with Crippen LogP contribution in [0.5, 0.6) is 0 Å². The fourth-order valence-electron chi connectivity index (χ4n) is 0.981. The minimum atomic E-state index is -2.71. The lowest BCUT2D eigenvalue weighted by Crippen LogP contribution is -2.05. The summed E-state index contributed by atoms with van der Waals surface area (Å²) in [6.07, 6.45) is -3.05. The summed E-state index contributed by atoms with van der Waals surface area (Å²) in [4.78, 5) is 14.0. The fraction of sp³-hybridized carbons (Fsp3) is 0.250. The van der Waals surface area contributed by atoms with Gasteiger partial charge >= 0.3 is 5.97 Å². The third-order valence-electron chi connectivity index (χ3n) is 1.57. The molecule has 0 aliphatic heterocycles. The van der Waals surface area contributed by atoms with Gasteiger partial charge in [-0.25, -0.2) is 13.8 Å². The average molecular weight is 347 g/mol. The smallest absolute Gasteiger partial charge is 0.309 e. The predicted octanol–water partition coefficient (Wildman–Crippen LogP) is 2.90. The second-order valence-electron chi connectivity index (χ2n) is 2.67. The minimum Gasteiger partial charge on any atom is -0.481 e. The van der Waals surface area contributed by atoms with Gasteiger partial charge in [-0.2, -0.15) is 0 Å². The van der Waals surface area contributed by atoms with Crippen molar-refractivity contribution in [2.24, 2.45) is 0 Å². The van der Waals surface area contributed by atoms with Gasteiger partial charge in [-0.3, -0.25) is 4.79 Å². The number of halogens is 4. The summed E-state index contributed by atoms with van der Waals surface area (Å²) in [7, 11) is 0. The molecule has 0 spiro atoms. The van der Waals surface area contributed by atoms with Crippen LogP contribution in [-0.4, -0.2) is 16.1 Å². The second kappa shape index (κ2) is 5.02. The zero-order valence-corrected chi connectivity index (χ0v) is 10.1. The number of nitrogens with zero attached hydrogens (tertiary/aromatic N) is 1. The molecule has 1 aromatic heterocycles. The van der Waals surface area contributed by atoms with E-state index >= 15 is 0 Å². The monoisotopic (exact) mass is 347 g/mol. The molecular formula is C8H5ClF2INO2. The Morgan fingerprint density at radius 3 is 2.67 bits per heavy atom. The maximum absolute atomic E-state index is 12.4. The van der Waals surface area contributed by atoms with Gasteiger partial charge in [0, 0.05) is 3.57 Å². The molecule has 0 aromatic carbocycles. The zero-order chi connectivity index (χ0) is 11.6. The fourth-order valence-corrected chi connectivity index (χ4v) is 2.28. The Balaban J connectivity index is 3.13. The largest absolute Gasteiger partial charge is 0.481 e. The van der Waals surface area contributed by atoms with E-state index in [1.165, 1.54) is 6.07 Å². The first-order valence-corrected chi connectivity index (χ1v) is 5.22. The molecule has 1 heterocycles. The lowest BCUT2D eigenvalue weighted by Gasteiger charge is -2.07. The Labute approximate surface area is 103 Å². The van der Waals surface area contributed by atoms with Gasteiger partial charge in [-0.05, 0) is 28.7 Å². The SMILES string of the molecule is O=C(O)Cc1cc(I)c(C(F)F)c(Cl)n1. The molecule has 1 N–H and O–H groups in total. The molecule has 0 radical (unpaired) electrons. The Hall–Kier alpha value is -0.500. The highest BCUT2D eigenvalue weighted by molar-refractivity contribution is 14.1. The van der Waals surface area contributed by atoms with Crippen LogP contribution in [-0.2, 0) is 11.2 Å². The summed E-state index contributed by atoms with van der Waals surface area (Å²) in [6.45, 7) is 0. The van der Waals surface area contributed by atoms with E-state index in [-0.39, 0.29) is 26.4 Å². The van der Waals surface area contributed by atoms with Crippen molar-refractivity contribution in [3.63, 3.8) is 0 Å². The van der Waals surface area contributed by atoms with Gasteiger partial charge in [0.2, 0.25) is 0 Å². The summed E-state index contributed by atoms with van der Waals surface area (Å²) >= 11 is 7.20. The maximum atomic E-state index is 12.4. The second-order valence-corrected chi connectivity index (χ2v) is 4.19. The molecule has 0 aliphatic carbocycles. The van der Waals surface area contributed by atoms with E-state index in [4.69, 9.17) is 16.7 Å². The highest BCUT2D eigenvalue weighted by Gasteiger charge is 2.18. The molecule has 0 amide bonds. The van der Waals surface area contributed by atoms with E-state index in [1.54, 1.807) is 22.6 Å². The van der Waals surface area contributed by atoms with Crippen LogP contribution in [0.25, 0.3) is 0 Å². The topological polar surface area (TPSA) is 50.2 Å². The third kappa shape index (κ3) is 3.23. The Morgan fingerprint density at radius 2 is 2.27 bits per heavy atom. The number of alkyl halides is 2.